The van der Waals surface area contributed by atoms with Crippen molar-refractivity contribution in [3.63, 3.8) is 0 Å². The van der Waals surface area contributed by atoms with Crippen molar-refractivity contribution in [2.75, 3.05) is 6.61 Å². The van der Waals surface area contributed by atoms with Crippen molar-refractivity contribution in [3.05, 3.63) is 47.5 Å². The fraction of sp³-hybridized carbons (Fsp3) is 0.286. The molecular formula is C21H22O11. The molecule has 11 heteroatoms. The highest BCUT2D eigenvalue weighted by Crippen LogP contribution is 2.40. The Kier molecular flexibility index (Phi) is 6.87. The number of phenols is 4. The van der Waals surface area contributed by atoms with Crippen LogP contribution in [0.15, 0.2) is 36.4 Å². The molecule has 0 aromatic heterocycles. The van der Waals surface area contributed by atoms with Crippen LogP contribution in [-0.2, 0) is 4.74 Å². The second-order valence-electron chi connectivity index (χ2n) is 7.07. The van der Waals surface area contributed by atoms with Gasteiger partial charge in [-0.05, 0) is 35.9 Å². The van der Waals surface area contributed by atoms with Crippen LogP contribution in [0.25, 0.3) is 6.08 Å². The van der Waals surface area contributed by atoms with Crippen LogP contribution in [0, 0.1) is 0 Å². The number of phenolic OH excluding ortho intramolecular Hbond substituents is 4. The minimum Gasteiger partial charge on any atom is -0.504 e. The van der Waals surface area contributed by atoms with Gasteiger partial charge in [-0.3, -0.25) is 4.79 Å². The maximum absolute atomic E-state index is 12.5. The van der Waals surface area contributed by atoms with E-state index in [1.54, 1.807) is 0 Å². The van der Waals surface area contributed by atoms with Crippen LogP contribution in [-0.4, -0.2) is 83.9 Å². The number of carbonyl (C=O) groups is 1. The lowest BCUT2D eigenvalue weighted by Gasteiger charge is -2.39. The van der Waals surface area contributed by atoms with Crippen LogP contribution in [0.3, 0.4) is 0 Å². The van der Waals surface area contributed by atoms with Gasteiger partial charge in [0.15, 0.2) is 28.8 Å². The summed E-state index contributed by atoms with van der Waals surface area (Å²) in [7, 11) is 0. The van der Waals surface area contributed by atoms with Gasteiger partial charge in [0.05, 0.1) is 12.2 Å². The molecule has 1 fully saturated rings. The largest absolute Gasteiger partial charge is 0.504 e. The number of rotatable bonds is 6. The highest BCUT2D eigenvalue weighted by molar-refractivity contribution is 6.09. The topological polar surface area (TPSA) is 197 Å². The molecule has 32 heavy (non-hydrogen) atoms. The molecule has 0 spiro atoms. The molecular weight excluding hydrogens is 428 g/mol. The van der Waals surface area contributed by atoms with E-state index in [0.29, 0.717) is 5.56 Å². The molecule has 1 saturated heterocycles. The standard InChI is InChI=1S/C21H22O11/c22-8-15-17(28)18(29)19(30)21(31-15)32-20-13(25)6-3-10(16(20)27)11(23)4-1-9-2-5-12(24)14(26)7-9/h1-7,15,17-19,21-22,24-30H,8H2. The van der Waals surface area contributed by atoms with Gasteiger partial charge in [-0.25, -0.2) is 0 Å². The van der Waals surface area contributed by atoms with Gasteiger partial charge in [0, 0.05) is 0 Å². The molecule has 0 aliphatic carbocycles. The van der Waals surface area contributed by atoms with Crippen LogP contribution in [0.2, 0.25) is 0 Å². The van der Waals surface area contributed by atoms with Gasteiger partial charge in [-0.2, -0.15) is 0 Å². The number of aliphatic hydroxyl groups is 4. The van der Waals surface area contributed by atoms with Crippen molar-refractivity contribution in [1.29, 1.82) is 0 Å². The lowest BCUT2D eigenvalue weighted by Crippen LogP contribution is -2.60. The smallest absolute Gasteiger partial charge is 0.229 e. The summed E-state index contributed by atoms with van der Waals surface area (Å²) >= 11 is 0. The van der Waals surface area contributed by atoms with E-state index in [-0.39, 0.29) is 17.1 Å². The number of hydrogen-bond donors (Lipinski definition) is 8. The first-order valence-corrected chi connectivity index (χ1v) is 9.40. The van der Waals surface area contributed by atoms with E-state index in [0.717, 1.165) is 18.2 Å². The lowest BCUT2D eigenvalue weighted by atomic mass is 9.99. The molecule has 0 amide bonds. The Balaban J connectivity index is 1.84. The number of hydrogen-bond acceptors (Lipinski definition) is 11. The highest BCUT2D eigenvalue weighted by Gasteiger charge is 2.45. The number of allylic oxidation sites excluding steroid dienone is 1. The van der Waals surface area contributed by atoms with Crippen LogP contribution >= 0.6 is 0 Å². The van der Waals surface area contributed by atoms with Crippen molar-refractivity contribution < 1.29 is 55.1 Å². The van der Waals surface area contributed by atoms with Gasteiger partial charge in [-0.1, -0.05) is 12.1 Å². The third-order valence-corrected chi connectivity index (χ3v) is 4.89. The van der Waals surface area contributed by atoms with Gasteiger partial charge in [-0.15, -0.1) is 0 Å². The third kappa shape index (κ3) is 4.61. The van der Waals surface area contributed by atoms with Crippen molar-refractivity contribution in [1.82, 2.24) is 0 Å². The van der Waals surface area contributed by atoms with E-state index >= 15 is 0 Å². The molecule has 8 N–H and O–H groups in total. The van der Waals surface area contributed by atoms with E-state index in [2.05, 4.69) is 0 Å². The van der Waals surface area contributed by atoms with Crippen molar-refractivity contribution >= 4 is 11.9 Å². The first-order valence-electron chi connectivity index (χ1n) is 9.40. The van der Waals surface area contributed by atoms with Gasteiger partial charge in [0.25, 0.3) is 0 Å². The van der Waals surface area contributed by atoms with Crippen LogP contribution in [0.1, 0.15) is 15.9 Å². The fourth-order valence-electron chi connectivity index (χ4n) is 3.06. The minimum atomic E-state index is -1.80. The molecule has 3 rings (SSSR count). The minimum absolute atomic E-state index is 0.290. The molecule has 1 heterocycles. The second-order valence-corrected chi connectivity index (χ2v) is 7.07. The Morgan fingerprint density at radius 2 is 1.62 bits per heavy atom. The summed E-state index contributed by atoms with van der Waals surface area (Å²) < 4.78 is 10.4. The molecule has 1 aliphatic heterocycles. The Morgan fingerprint density at radius 1 is 0.938 bits per heavy atom. The van der Waals surface area contributed by atoms with Crippen molar-refractivity contribution in [3.8, 4) is 28.7 Å². The maximum atomic E-state index is 12.5. The van der Waals surface area contributed by atoms with E-state index in [1.807, 2.05) is 0 Å². The predicted octanol–water partition coefficient (Wildman–Crippen LogP) is -0.416. The molecule has 0 bridgehead atoms. The summed E-state index contributed by atoms with van der Waals surface area (Å²) in [6.45, 7) is -0.709. The van der Waals surface area contributed by atoms with Gasteiger partial charge in [0.2, 0.25) is 12.0 Å². The summed E-state index contributed by atoms with van der Waals surface area (Å²) in [6.07, 6.45) is -5.77. The molecule has 2 aromatic carbocycles. The highest BCUT2D eigenvalue weighted by atomic mass is 16.7. The number of ether oxygens (including phenoxy) is 2. The molecule has 0 saturated carbocycles. The number of ketones is 1. The fourth-order valence-corrected chi connectivity index (χ4v) is 3.06. The predicted molar refractivity (Wildman–Crippen MR) is 107 cm³/mol. The molecule has 5 unspecified atom stereocenters. The monoisotopic (exact) mass is 450 g/mol. The first kappa shape index (κ1) is 23.3. The van der Waals surface area contributed by atoms with E-state index < -0.39 is 60.3 Å². The average molecular weight is 450 g/mol. The molecule has 172 valence electrons. The van der Waals surface area contributed by atoms with Crippen LogP contribution in [0.4, 0.5) is 0 Å². The Labute approximate surface area is 181 Å². The summed E-state index contributed by atoms with van der Waals surface area (Å²) in [5, 5.41) is 78.3. The van der Waals surface area contributed by atoms with E-state index in [1.165, 1.54) is 24.3 Å². The summed E-state index contributed by atoms with van der Waals surface area (Å²) in [5.74, 6) is -3.46. The summed E-state index contributed by atoms with van der Waals surface area (Å²) in [4.78, 5) is 12.5. The Morgan fingerprint density at radius 3 is 2.28 bits per heavy atom. The number of benzene rings is 2. The van der Waals surface area contributed by atoms with Gasteiger partial charge >= 0.3 is 0 Å². The molecule has 11 nitrogen and oxygen atoms in total. The normalized spacial score (nSPS) is 25.7. The zero-order valence-electron chi connectivity index (χ0n) is 16.4. The third-order valence-electron chi connectivity index (χ3n) is 4.89. The molecule has 1 aliphatic rings. The van der Waals surface area contributed by atoms with Crippen LogP contribution < -0.4 is 4.74 Å². The van der Waals surface area contributed by atoms with Gasteiger partial charge < -0.3 is 50.3 Å². The Bertz CT molecular complexity index is 1020. The molecule has 2 aromatic rings. The average Bonchev–Trinajstić information content (AvgIpc) is 2.77. The zero-order valence-corrected chi connectivity index (χ0v) is 16.4. The number of aromatic hydroxyl groups is 4. The molecule has 0 radical (unpaired) electrons. The van der Waals surface area contributed by atoms with Crippen molar-refractivity contribution in [2.24, 2.45) is 0 Å². The SMILES string of the molecule is O=C(C=Cc1ccc(O)c(O)c1)c1ccc(O)c(OC2OC(CO)C(O)C(O)C2O)c1O. The van der Waals surface area contributed by atoms with E-state index in [4.69, 9.17) is 9.47 Å². The van der Waals surface area contributed by atoms with Crippen LogP contribution in [0.5, 0.6) is 28.7 Å². The second kappa shape index (κ2) is 9.42. The number of carbonyl (C=O) groups excluding carboxylic acids is 1. The van der Waals surface area contributed by atoms with Gasteiger partial charge in [0.1, 0.15) is 24.4 Å². The number of aliphatic hydroxyl groups excluding tert-OH is 4. The first-order chi connectivity index (χ1) is 15.1. The summed E-state index contributed by atoms with van der Waals surface area (Å²) in [5.41, 5.74) is 0.0892. The van der Waals surface area contributed by atoms with E-state index in [9.17, 15) is 45.6 Å². The molecule has 5 atom stereocenters. The summed E-state index contributed by atoms with van der Waals surface area (Å²) in [6, 6.07) is 6.04. The quantitative estimate of drug-likeness (QED) is 0.162. The lowest BCUT2D eigenvalue weighted by molar-refractivity contribution is -0.277. The maximum Gasteiger partial charge on any atom is 0.229 e. The Hall–Kier alpha value is -3.35. The zero-order chi connectivity index (χ0) is 23.6. The van der Waals surface area contributed by atoms with Crippen molar-refractivity contribution in [2.45, 2.75) is 30.7 Å².